The molecule has 234 valence electrons. The Morgan fingerprint density at radius 3 is 1.93 bits per heavy atom. The summed E-state index contributed by atoms with van der Waals surface area (Å²) in [7, 11) is 1.60. The van der Waals surface area contributed by atoms with Gasteiger partial charge in [-0.2, -0.15) is 5.26 Å². The van der Waals surface area contributed by atoms with Gasteiger partial charge in [0.15, 0.2) is 6.29 Å². The maximum Gasteiger partial charge on any atom is 0.166 e. The van der Waals surface area contributed by atoms with Crippen LogP contribution in [0.15, 0.2) is 121 Å². The molecule has 1 N–H and O–H groups in total. The fraction of sp³-hybridized carbons (Fsp3) is 0.263. The lowest BCUT2D eigenvalue weighted by Crippen LogP contribution is -2.57. The molecular formula is C38H37N3O5. The van der Waals surface area contributed by atoms with Gasteiger partial charge in [0.05, 0.1) is 55.1 Å². The predicted molar refractivity (Wildman–Crippen MR) is 175 cm³/mol. The normalized spacial score (nSPS) is 21.7. The summed E-state index contributed by atoms with van der Waals surface area (Å²) in [4.78, 5) is 7.95. The van der Waals surface area contributed by atoms with Gasteiger partial charge < -0.3 is 28.7 Å². The second-order valence-corrected chi connectivity index (χ2v) is 11.2. The zero-order chi connectivity index (χ0) is 31.6. The third-order valence-electron chi connectivity index (χ3n) is 8.01. The van der Waals surface area contributed by atoms with E-state index in [1.807, 2.05) is 121 Å². The van der Waals surface area contributed by atoms with Crippen molar-refractivity contribution >= 4 is 16.6 Å². The Balaban J connectivity index is 1.34. The van der Waals surface area contributed by atoms with Crippen molar-refractivity contribution in [2.75, 3.05) is 13.7 Å². The van der Waals surface area contributed by atoms with Crippen LogP contribution < -0.4 is 0 Å². The van der Waals surface area contributed by atoms with Crippen molar-refractivity contribution in [1.29, 1.82) is 5.26 Å². The zero-order valence-electron chi connectivity index (χ0n) is 25.7. The molecule has 0 unspecified atom stereocenters. The van der Waals surface area contributed by atoms with Crippen LogP contribution in [0.2, 0.25) is 0 Å². The molecule has 1 aromatic heterocycles. The van der Waals surface area contributed by atoms with Crippen LogP contribution >= 0.6 is 0 Å². The monoisotopic (exact) mass is 615 g/mol. The minimum atomic E-state index is -0.740. The van der Waals surface area contributed by atoms with Gasteiger partial charge >= 0.3 is 0 Å². The van der Waals surface area contributed by atoms with E-state index in [2.05, 4.69) is 16.0 Å². The number of H-pyrrole nitrogens is 1. The minimum absolute atomic E-state index is 0.254. The van der Waals surface area contributed by atoms with E-state index in [1.54, 1.807) is 7.11 Å². The molecule has 1 aliphatic heterocycles. The number of methoxy groups -OCH3 is 1. The number of para-hydroxylation sites is 2. The van der Waals surface area contributed by atoms with Crippen molar-refractivity contribution in [1.82, 2.24) is 9.97 Å². The number of nitrogens with one attached hydrogen (secondary N) is 1. The number of ether oxygens (including phenoxy) is 5. The Hall–Kier alpha value is -4.62. The van der Waals surface area contributed by atoms with Gasteiger partial charge in [-0.05, 0) is 28.8 Å². The van der Waals surface area contributed by atoms with E-state index in [4.69, 9.17) is 23.7 Å². The van der Waals surface area contributed by atoms with E-state index in [0.29, 0.717) is 31.2 Å². The quantitative estimate of drug-likeness (QED) is 0.145. The molecule has 0 bridgehead atoms. The number of fused-ring (bicyclic) bond motifs is 1. The molecule has 46 heavy (non-hydrogen) atoms. The number of nitrogens with zero attached hydrogens (tertiary/aromatic N) is 2. The van der Waals surface area contributed by atoms with E-state index >= 15 is 0 Å². The van der Waals surface area contributed by atoms with Crippen LogP contribution in [0.3, 0.4) is 0 Å². The molecule has 4 aromatic carbocycles. The summed E-state index contributed by atoms with van der Waals surface area (Å²) in [6, 6.07) is 40.0. The summed E-state index contributed by atoms with van der Waals surface area (Å²) >= 11 is 0. The number of nitriles is 1. The molecule has 0 radical (unpaired) electrons. The van der Waals surface area contributed by atoms with Gasteiger partial charge in [-0.15, -0.1) is 0 Å². The van der Waals surface area contributed by atoms with Crippen LogP contribution in [-0.4, -0.2) is 48.3 Å². The number of aromatic amines is 1. The van der Waals surface area contributed by atoms with Crippen molar-refractivity contribution in [3.8, 4) is 6.07 Å². The molecule has 8 nitrogen and oxygen atoms in total. The Kier molecular flexibility index (Phi) is 10.6. The number of hydrogen-bond donors (Lipinski definition) is 1. The highest BCUT2D eigenvalue weighted by Gasteiger charge is 2.47. The molecule has 0 amide bonds. The first-order chi connectivity index (χ1) is 22.7. The van der Waals surface area contributed by atoms with Crippen molar-refractivity contribution in [3.05, 3.63) is 144 Å². The molecular weight excluding hydrogens is 578 g/mol. The lowest BCUT2D eigenvalue weighted by atomic mass is 9.88. The Morgan fingerprint density at radius 2 is 1.35 bits per heavy atom. The van der Waals surface area contributed by atoms with Gasteiger partial charge in [0.1, 0.15) is 24.1 Å². The largest absolute Gasteiger partial charge is 0.374 e. The molecule has 0 aliphatic carbocycles. The van der Waals surface area contributed by atoms with Gasteiger partial charge in [-0.3, -0.25) is 0 Å². The van der Waals surface area contributed by atoms with Crippen molar-refractivity contribution in [2.24, 2.45) is 5.92 Å². The number of benzene rings is 4. The van der Waals surface area contributed by atoms with Crippen molar-refractivity contribution in [2.45, 2.75) is 44.4 Å². The minimum Gasteiger partial charge on any atom is -0.374 e. The second-order valence-electron chi connectivity index (χ2n) is 11.2. The van der Waals surface area contributed by atoms with Crippen molar-refractivity contribution in [3.63, 3.8) is 0 Å². The molecule has 1 fully saturated rings. The Bertz CT molecular complexity index is 1700. The number of imidazole rings is 1. The predicted octanol–water partition coefficient (Wildman–Crippen LogP) is 6.84. The molecule has 1 saturated heterocycles. The maximum atomic E-state index is 10.3. The summed E-state index contributed by atoms with van der Waals surface area (Å²) in [6.07, 6.45) is -0.528. The van der Waals surface area contributed by atoms with E-state index in [1.165, 1.54) is 0 Å². The summed E-state index contributed by atoms with van der Waals surface area (Å²) < 4.78 is 32.1. The number of hydrogen-bond acceptors (Lipinski definition) is 7. The molecule has 5 atom stereocenters. The first-order valence-electron chi connectivity index (χ1n) is 15.4. The first-order valence-corrected chi connectivity index (χ1v) is 15.4. The lowest BCUT2D eigenvalue weighted by molar-refractivity contribution is -0.290. The fourth-order valence-electron chi connectivity index (χ4n) is 5.70. The summed E-state index contributed by atoms with van der Waals surface area (Å²) in [5, 5.41) is 10.3. The van der Waals surface area contributed by atoms with Crippen LogP contribution in [0, 0.1) is 17.2 Å². The van der Waals surface area contributed by atoms with Crippen LogP contribution in [0.1, 0.15) is 22.5 Å². The highest BCUT2D eigenvalue weighted by atomic mass is 16.7. The SMILES string of the molecule is CO[C@H]1O[C@H](COCc2ccccc2)[C@H](OCc2ccccc2)[C@H](OCc2ccccc2)[C@H]1/C=C(\C#N)c1nc2ccccc2[nH]1. The average Bonchev–Trinajstić information content (AvgIpc) is 3.55. The van der Waals surface area contributed by atoms with Gasteiger partial charge in [0.2, 0.25) is 0 Å². The van der Waals surface area contributed by atoms with Crippen LogP contribution in [0.4, 0.5) is 0 Å². The summed E-state index contributed by atoms with van der Waals surface area (Å²) in [5.74, 6) is -0.0434. The number of rotatable bonds is 13. The van der Waals surface area contributed by atoms with E-state index < -0.39 is 30.5 Å². The third-order valence-corrected chi connectivity index (χ3v) is 8.01. The van der Waals surface area contributed by atoms with Gasteiger partial charge in [-0.25, -0.2) is 4.98 Å². The molecule has 6 rings (SSSR count). The topological polar surface area (TPSA) is 98.6 Å². The van der Waals surface area contributed by atoms with Gasteiger partial charge in [0.25, 0.3) is 0 Å². The highest BCUT2D eigenvalue weighted by Crippen LogP contribution is 2.35. The molecule has 0 saturated carbocycles. The zero-order valence-corrected chi connectivity index (χ0v) is 25.7. The molecule has 0 spiro atoms. The second kappa shape index (κ2) is 15.6. The van der Waals surface area contributed by atoms with E-state index in [-0.39, 0.29) is 6.61 Å². The van der Waals surface area contributed by atoms with E-state index in [9.17, 15) is 5.26 Å². The van der Waals surface area contributed by atoms with Crippen LogP contribution in [0.25, 0.3) is 16.6 Å². The fourth-order valence-corrected chi connectivity index (χ4v) is 5.70. The molecule has 8 heteroatoms. The third kappa shape index (κ3) is 7.77. The van der Waals surface area contributed by atoms with E-state index in [0.717, 1.165) is 27.7 Å². The van der Waals surface area contributed by atoms with Gasteiger partial charge in [-0.1, -0.05) is 109 Å². The number of allylic oxidation sites excluding steroid dienone is 1. The number of aromatic nitrogens is 2. The van der Waals surface area contributed by atoms with Gasteiger partial charge in [0, 0.05) is 7.11 Å². The highest BCUT2D eigenvalue weighted by molar-refractivity contribution is 5.82. The van der Waals surface area contributed by atoms with Crippen LogP contribution in [0.5, 0.6) is 0 Å². The molecule has 1 aliphatic rings. The maximum absolute atomic E-state index is 10.3. The average molecular weight is 616 g/mol. The smallest absolute Gasteiger partial charge is 0.166 e. The molecule has 2 heterocycles. The lowest BCUT2D eigenvalue weighted by Gasteiger charge is -2.45. The molecule has 5 aromatic rings. The Morgan fingerprint density at radius 1 is 0.783 bits per heavy atom. The first kappa shape index (κ1) is 31.4. The Labute approximate surface area is 269 Å². The summed E-state index contributed by atoms with van der Waals surface area (Å²) in [5.41, 5.74) is 5.08. The standard InChI is InChI=1S/C38H37N3O5/c1-42-38-31(21-30(22-39)37-40-32-19-11-12-20-33(32)41-37)35(44-24-28-15-7-3-8-16-28)36(45-25-29-17-9-4-10-18-29)34(46-38)26-43-23-27-13-5-2-6-14-27/h2-21,31,34-36,38H,23-26H2,1H3,(H,40,41)/b30-21+/t31-,34-,35-,36+,38+/m1/s1. The van der Waals surface area contributed by atoms with Crippen LogP contribution in [-0.2, 0) is 43.5 Å². The van der Waals surface area contributed by atoms with Crippen molar-refractivity contribution < 1.29 is 23.7 Å². The summed E-state index contributed by atoms with van der Waals surface area (Å²) in [6.45, 7) is 1.36.